The van der Waals surface area contributed by atoms with Crippen LogP contribution in [0, 0.1) is 0 Å². The van der Waals surface area contributed by atoms with E-state index in [-0.39, 0.29) is 16.9 Å². The van der Waals surface area contributed by atoms with Gasteiger partial charge >= 0.3 is 0 Å². The lowest BCUT2D eigenvalue weighted by Crippen LogP contribution is -2.16. The highest BCUT2D eigenvalue weighted by Gasteiger charge is 2.13. The second kappa shape index (κ2) is 5.13. The van der Waals surface area contributed by atoms with Gasteiger partial charge in [0.25, 0.3) is 5.91 Å². The van der Waals surface area contributed by atoms with Crippen molar-refractivity contribution in [2.75, 3.05) is 5.32 Å². The number of phenols is 1. The number of fused-ring (bicyclic) bond motifs is 1. The molecule has 0 atom stereocenters. The van der Waals surface area contributed by atoms with E-state index in [0.29, 0.717) is 16.6 Å². The normalized spacial score (nSPS) is 10.5. The molecule has 5 heteroatoms. The molecule has 0 fully saturated rings. The first-order chi connectivity index (χ1) is 10.1. The monoisotopic (exact) mass is 280 g/mol. The van der Waals surface area contributed by atoms with E-state index in [1.165, 1.54) is 12.1 Å². The van der Waals surface area contributed by atoms with E-state index >= 15 is 0 Å². The summed E-state index contributed by atoms with van der Waals surface area (Å²) in [7, 11) is 0. The topological polar surface area (TPSA) is 82.2 Å². The van der Waals surface area contributed by atoms with Crippen LogP contribution in [0.1, 0.15) is 10.4 Å². The predicted molar refractivity (Wildman–Crippen MR) is 80.6 cm³/mol. The van der Waals surface area contributed by atoms with Gasteiger partial charge in [-0.05, 0) is 18.2 Å². The Kier molecular flexibility index (Phi) is 3.16. The van der Waals surface area contributed by atoms with E-state index in [9.17, 15) is 14.7 Å². The molecule has 1 aromatic heterocycles. The third-order valence-electron chi connectivity index (χ3n) is 3.15. The van der Waals surface area contributed by atoms with E-state index < -0.39 is 5.91 Å². The summed E-state index contributed by atoms with van der Waals surface area (Å²) in [5.41, 5.74) is 0.799. The van der Waals surface area contributed by atoms with Gasteiger partial charge in [-0.15, -0.1) is 0 Å². The van der Waals surface area contributed by atoms with Gasteiger partial charge in [0.1, 0.15) is 5.75 Å². The molecule has 1 heterocycles. The molecule has 0 bridgehead atoms. The molecule has 5 nitrogen and oxygen atoms in total. The summed E-state index contributed by atoms with van der Waals surface area (Å²) in [6, 6.07) is 14.7. The van der Waals surface area contributed by atoms with Gasteiger partial charge in [-0.1, -0.05) is 30.3 Å². The van der Waals surface area contributed by atoms with E-state index in [1.807, 2.05) is 0 Å². The second-order valence-corrected chi connectivity index (χ2v) is 4.56. The number of amides is 1. The number of carbonyl (C=O) groups is 1. The van der Waals surface area contributed by atoms with Gasteiger partial charge in [-0.3, -0.25) is 9.59 Å². The molecule has 0 saturated heterocycles. The molecule has 0 unspecified atom stereocenters. The maximum atomic E-state index is 12.4. The lowest BCUT2D eigenvalue weighted by atomic mass is 10.1. The number of nitrogens with one attached hydrogen (secondary N) is 2. The molecular weight excluding hydrogens is 268 g/mol. The molecule has 0 radical (unpaired) electrons. The van der Waals surface area contributed by atoms with Crippen LogP contribution < -0.4 is 10.9 Å². The average Bonchev–Trinajstić information content (AvgIpc) is 2.48. The van der Waals surface area contributed by atoms with Crippen molar-refractivity contribution >= 4 is 22.5 Å². The number of aromatic amines is 1. The number of rotatable bonds is 2. The van der Waals surface area contributed by atoms with Crippen LogP contribution in [0.25, 0.3) is 10.9 Å². The Morgan fingerprint density at radius 1 is 1.05 bits per heavy atom. The smallest absolute Gasteiger partial charge is 0.256 e. The maximum absolute atomic E-state index is 12.4. The zero-order valence-corrected chi connectivity index (χ0v) is 11.0. The van der Waals surface area contributed by atoms with E-state index in [0.717, 1.165) is 0 Å². The van der Waals surface area contributed by atoms with Crippen LogP contribution in [0.4, 0.5) is 5.69 Å². The van der Waals surface area contributed by atoms with Crippen molar-refractivity contribution in [3.05, 3.63) is 70.5 Å². The molecule has 21 heavy (non-hydrogen) atoms. The van der Waals surface area contributed by atoms with Crippen molar-refractivity contribution in [3.63, 3.8) is 0 Å². The number of aromatic hydroxyl groups is 1. The number of benzene rings is 2. The van der Waals surface area contributed by atoms with Crippen molar-refractivity contribution in [2.24, 2.45) is 0 Å². The molecule has 3 aromatic rings. The maximum Gasteiger partial charge on any atom is 0.256 e. The molecular formula is C16H12N2O3. The van der Waals surface area contributed by atoms with Crippen molar-refractivity contribution in [3.8, 4) is 5.75 Å². The number of H-pyrrole nitrogens is 1. The largest absolute Gasteiger partial charge is 0.506 e. The summed E-state index contributed by atoms with van der Waals surface area (Å²) >= 11 is 0. The Morgan fingerprint density at radius 3 is 2.57 bits per heavy atom. The molecule has 0 aliphatic carbocycles. The molecule has 3 rings (SSSR count). The molecule has 3 N–H and O–H groups in total. The Morgan fingerprint density at radius 2 is 1.76 bits per heavy atom. The van der Waals surface area contributed by atoms with Gasteiger partial charge in [0.15, 0.2) is 0 Å². The number of phenolic OH excluding ortho intramolecular Hbond substituents is 1. The number of anilines is 1. The van der Waals surface area contributed by atoms with Gasteiger partial charge in [0.05, 0.1) is 11.3 Å². The van der Waals surface area contributed by atoms with Crippen LogP contribution in [0.15, 0.2) is 59.4 Å². The van der Waals surface area contributed by atoms with E-state index in [4.69, 9.17) is 0 Å². The van der Waals surface area contributed by atoms with Gasteiger partial charge in [0.2, 0.25) is 5.56 Å². The van der Waals surface area contributed by atoms with Gasteiger partial charge < -0.3 is 15.4 Å². The van der Waals surface area contributed by atoms with Crippen LogP contribution in [-0.4, -0.2) is 16.0 Å². The minimum atomic E-state index is -0.446. The Hall–Kier alpha value is -3.08. The van der Waals surface area contributed by atoms with Crippen molar-refractivity contribution in [1.82, 2.24) is 4.98 Å². The number of para-hydroxylation sites is 3. The van der Waals surface area contributed by atoms with Gasteiger partial charge in [0, 0.05) is 17.0 Å². The fraction of sp³-hybridized carbons (Fsp3) is 0. The molecule has 0 spiro atoms. The Balaban J connectivity index is 2.06. The minimum absolute atomic E-state index is 0.0278. The highest BCUT2D eigenvalue weighted by Crippen LogP contribution is 2.23. The number of aromatic nitrogens is 1. The summed E-state index contributed by atoms with van der Waals surface area (Å²) < 4.78 is 0. The number of carbonyl (C=O) groups excluding carboxylic acids is 1. The van der Waals surface area contributed by atoms with Gasteiger partial charge in [-0.2, -0.15) is 0 Å². The molecule has 2 aromatic carbocycles. The standard InChI is InChI=1S/C16H12N2O3/c19-14-8-4-3-7-13(14)18-16(21)11-9-15(20)17-12-6-2-1-5-10(11)12/h1-9,19H,(H,17,20)(H,18,21). The fourth-order valence-electron chi connectivity index (χ4n) is 2.16. The van der Waals surface area contributed by atoms with E-state index in [2.05, 4.69) is 10.3 Å². The molecule has 0 aliphatic heterocycles. The lowest BCUT2D eigenvalue weighted by Gasteiger charge is -2.09. The quantitative estimate of drug-likeness (QED) is 0.631. The number of pyridine rings is 1. The van der Waals surface area contributed by atoms with Crippen molar-refractivity contribution < 1.29 is 9.90 Å². The lowest BCUT2D eigenvalue weighted by molar-refractivity contribution is 0.102. The van der Waals surface area contributed by atoms with Crippen LogP contribution in [0.5, 0.6) is 5.75 Å². The second-order valence-electron chi connectivity index (χ2n) is 4.56. The van der Waals surface area contributed by atoms with Crippen molar-refractivity contribution in [2.45, 2.75) is 0 Å². The summed E-state index contributed by atoms with van der Waals surface area (Å²) in [5.74, 6) is -0.473. The van der Waals surface area contributed by atoms with Crippen LogP contribution in [-0.2, 0) is 0 Å². The average molecular weight is 280 g/mol. The SMILES string of the molecule is O=C(Nc1ccccc1O)c1cc(=O)[nH]c2ccccc12. The number of hydrogen-bond acceptors (Lipinski definition) is 3. The van der Waals surface area contributed by atoms with Crippen LogP contribution >= 0.6 is 0 Å². The van der Waals surface area contributed by atoms with Crippen LogP contribution in [0.2, 0.25) is 0 Å². The predicted octanol–water partition coefficient (Wildman–Crippen LogP) is 2.49. The summed E-state index contributed by atoms with van der Waals surface area (Å²) in [6.07, 6.45) is 0. The molecule has 1 amide bonds. The highest BCUT2D eigenvalue weighted by atomic mass is 16.3. The molecule has 0 aliphatic rings. The third-order valence-corrected chi connectivity index (χ3v) is 3.15. The zero-order valence-electron chi connectivity index (χ0n) is 11.0. The number of hydrogen-bond donors (Lipinski definition) is 3. The van der Waals surface area contributed by atoms with Crippen molar-refractivity contribution in [1.29, 1.82) is 0 Å². The Bertz CT molecular complexity index is 884. The fourth-order valence-corrected chi connectivity index (χ4v) is 2.16. The van der Waals surface area contributed by atoms with Gasteiger partial charge in [-0.25, -0.2) is 0 Å². The summed E-state index contributed by atoms with van der Waals surface area (Å²) in [5, 5.41) is 12.9. The minimum Gasteiger partial charge on any atom is -0.506 e. The molecule has 104 valence electrons. The summed E-state index contributed by atoms with van der Waals surface area (Å²) in [6.45, 7) is 0. The zero-order chi connectivity index (χ0) is 14.8. The van der Waals surface area contributed by atoms with Crippen LogP contribution in [0.3, 0.4) is 0 Å². The molecule has 0 saturated carbocycles. The Labute approximate surface area is 119 Å². The van der Waals surface area contributed by atoms with E-state index in [1.54, 1.807) is 42.5 Å². The summed E-state index contributed by atoms with van der Waals surface area (Å²) in [4.78, 5) is 26.7. The first-order valence-electron chi connectivity index (χ1n) is 6.36. The highest BCUT2D eigenvalue weighted by molar-refractivity contribution is 6.12. The first-order valence-corrected chi connectivity index (χ1v) is 6.36. The first kappa shape index (κ1) is 12.9. The third kappa shape index (κ3) is 2.49.